The van der Waals surface area contributed by atoms with Crippen LogP contribution in [0.2, 0.25) is 10.0 Å². The summed E-state index contributed by atoms with van der Waals surface area (Å²) in [5.41, 5.74) is 0.681. The summed E-state index contributed by atoms with van der Waals surface area (Å²) < 4.78 is 19.0. The molecule has 1 saturated carbocycles. The third kappa shape index (κ3) is 7.06. The van der Waals surface area contributed by atoms with Gasteiger partial charge in [0.15, 0.2) is 0 Å². The van der Waals surface area contributed by atoms with E-state index < -0.39 is 11.8 Å². The highest BCUT2D eigenvalue weighted by Crippen LogP contribution is 2.22. The van der Waals surface area contributed by atoms with Gasteiger partial charge >= 0.3 is 6.03 Å². The minimum absolute atomic E-state index is 0.0770. The molecule has 1 aliphatic rings. The zero-order valence-electron chi connectivity index (χ0n) is 18.5. The number of nitrogens with one attached hydrogen (secondary N) is 3. The van der Waals surface area contributed by atoms with E-state index in [4.69, 9.17) is 27.9 Å². The average molecular weight is 537 g/mol. The lowest BCUT2D eigenvalue weighted by Crippen LogP contribution is -2.54. The van der Waals surface area contributed by atoms with Gasteiger partial charge in [-0.2, -0.15) is 0 Å². The second kappa shape index (κ2) is 11.7. The predicted molar refractivity (Wildman–Crippen MR) is 135 cm³/mol. The number of amides is 3. The first-order valence-corrected chi connectivity index (χ1v) is 12.7. The third-order valence-electron chi connectivity index (χ3n) is 5.54. The van der Waals surface area contributed by atoms with Crippen molar-refractivity contribution in [3.05, 3.63) is 74.4 Å². The van der Waals surface area contributed by atoms with Crippen LogP contribution in [0, 0.1) is 5.82 Å². The van der Waals surface area contributed by atoms with Gasteiger partial charge in [-0.15, -0.1) is 11.3 Å². The number of thiazole rings is 1. The van der Waals surface area contributed by atoms with E-state index >= 15 is 0 Å². The highest BCUT2D eigenvalue weighted by Gasteiger charge is 2.29. The van der Waals surface area contributed by atoms with Crippen LogP contribution >= 0.6 is 34.5 Å². The zero-order valence-corrected chi connectivity index (χ0v) is 20.9. The van der Waals surface area contributed by atoms with Crippen molar-refractivity contribution in [1.82, 2.24) is 15.6 Å². The van der Waals surface area contributed by atoms with Crippen LogP contribution in [0.1, 0.15) is 41.2 Å². The van der Waals surface area contributed by atoms with Crippen LogP contribution in [-0.4, -0.2) is 29.0 Å². The van der Waals surface area contributed by atoms with Gasteiger partial charge in [0.05, 0.1) is 11.1 Å². The predicted octanol–water partition coefficient (Wildman–Crippen LogP) is 6.03. The maximum Gasteiger partial charge on any atom is 0.319 e. The lowest BCUT2D eigenvalue weighted by atomic mass is 9.90. The van der Waals surface area contributed by atoms with Crippen molar-refractivity contribution in [3.63, 3.8) is 0 Å². The Bertz CT molecular complexity index is 1190. The van der Waals surface area contributed by atoms with Gasteiger partial charge in [-0.3, -0.25) is 4.79 Å². The average Bonchev–Trinajstić information content (AvgIpc) is 3.32. The standard InChI is InChI=1S/C24H23Cl2FN4O3S/c25-14-5-8-16(9-6-14)34-12-22-29-21(13-35-22)23(32)30-19-3-1-2-4-20(19)31-24(33)28-15-7-10-18(27)17(26)11-15/h5-11,13,19-20H,1-4,12H2,(H,30,32)(H2,28,31,33)/t19-,20-/m1/s1. The van der Waals surface area contributed by atoms with Crippen LogP contribution in [0.25, 0.3) is 0 Å². The molecule has 0 saturated heterocycles. The molecule has 184 valence electrons. The monoisotopic (exact) mass is 536 g/mol. The van der Waals surface area contributed by atoms with Crippen molar-refractivity contribution in [3.8, 4) is 5.75 Å². The van der Waals surface area contributed by atoms with Crippen LogP contribution in [0.4, 0.5) is 14.9 Å². The second-order valence-corrected chi connectivity index (χ2v) is 9.85. The first-order valence-electron chi connectivity index (χ1n) is 11.0. The number of halogens is 3. The Labute approximate surface area is 216 Å². The number of nitrogens with zero attached hydrogens (tertiary/aromatic N) is 1. The number of ether oxygens (including phenoxy) is 1. The van der Waals surface area contributed by atoms with Crippen molar-refractivity contribution in [1.29, 1.82) is 0 Å². The summed E-state index contributed by atoms with van der Waals surface area (Å²) >= 11 is 13.0. The minimum Gasteiger partial charge on any atom is -0.486 e. The van der Waals surface area contributed by atoms with Gasteiger partial charge in [0, 0.05) is 22.1 Å². The van der Waals surface area contributed by atoms with E-state index in [2.05, 4.69) is 20.9 Å². The summed E-state index contributed by atoms with van der Waals surface area (Å²) in [4.78, 5) is 29.7. The molecular formula is C24H23Cl2FN4O3S. The topological polar surface area (TPSA) is 92.4 Å². The SMILES string of the molecule is O=C(Nc1ccc(F)c(Cl)c1)N[C@@H]1CCCC[C@H]1NC(=O)c1csc(COc2ccc(Cl)cc2)n1. The molecule has 3 aromatic rings. The lowest BCUT2D eigenvalue weighted by molar-refractivity contribution is 0.0911. The quantitative estimate of drug-likeness (QED) is 0.343. The summed E-state index contributed by atoms with van der Waals surface area (Å²) in [6, 6.07) is 10.0. The summed E-state index contributed by atoms with van der Waals surface area (Å²) in [7, 11) is 0. The van der Waals surface area contributed by atoms with Gasteiger partial charge in [-0.05, 0) is 55.3 Å². The summed E-state index contributed by atoms with van der Waals surface area (Å²) in [5.74, 6) is -0.203. The third-order valence-corrected chi connectivity index (χ3v) is 6.90. The molecule has 35 heavy (non-hydrogen) atoms. The molecule has 0 radical (unpaired) electrons. The Kier molecular flexibility index (Phi) is 8.43. The number of aromatic nitrogens is 1. The van der Waals surface area contributed by atoms with Gasteiger partial charge < -0.3 is 20.7 Å². The van der Waals surface area contributed by atoms with E-state index in [1.807, 2.05) is 0 Å². The number of carbonyl (C=O) groups excluding carboxylic acids is 2. The molecule has 1 aromatic heterocycles. The fraction of sp³-hybridized carbons (Fsp3) is 0.292. The molecule has 2 aromatic carbocycles. The molecular weight excluding hydrogens is 514 g/mol. The Hall–Kier alpha value is -2.88. The van der Waals surface area contributed by atoms with E-state index in [1.165, 1.54) is 29.5 Å². The molecule has 11 heteroatoms. The highest BCUT2D eigenvalue weighted by atomic mass is 35.5. The molecule has 1 fully saturated rings. The van der Waals surface area contributed by atoms with E-state index in [9.17, 15) is 14.0 Å². The van der Waals surface area contributed by atoms with Crippen LogP contribution in [0.5, 0.6) is 5.75 Å². The van der Waals surface area contributed by atoms with Gasteiger partial charge in [0.1, 0.15) is 28.9 Å². The number of benzene rings is 2. The number of hydrogen-bond acceptors (Lipinski definition) is 5. The molecule has 3 amide bonds. The van der Waals surface area contributed by atoms with Gasteiger partial charge in [0.25, 0.3) is 5.91 Å². The van der Waals surface area contributed by atoms with Gasteiger partial charge in [0.2, 0.25) is 0 Å². The molecule has 0 unspecified atom stereocenters. The fourth-order valence-corrected chi connectivity index (χ4v) is 4.78. The maximum absolute atomic E-state index is 13.3. The largest absolute Gasteiger partial charge is 0.486 e. The number of anilines is 1. The Morgan fingerprint density at radius 2 is 1.77 bits per heavy atom. The van der Waals surface area contributed by atoms with Crippen LogP contribution in [0.3, 0.4) is 0 Å². The van der Waals surface area contributed by atoms with Crippen LogP contribution in [-0.2, 0) is 6.61 Å². The molecule has 7 nitrogen and oxygen atoms in total. The number of rotatable bonds is 7. The molecule has 2 atom stereocenters. The minimum atomic E-state index is -0.561. The Morgan fingerprint density at radius 3 is 2.49 bits per heavy atom. The van der Waals surface area contributed by atoms with Crippen molar-refractivity contribution < 1.29 is 18.7 Å². The van der Waals surface area contributed by atoms with Crippen molar-refractivity contribution in [2.45, 2.75) is 44.4 Å². The van der Waals surface area contributed by atoms with Crippen molar-refractivity contribution in [2.24, 2.45) is 0 Å². The smallest absolute Gasteiger partial charge is 0.319 e. The number of hydrogen-bond donors (Lipinski definition) is 3. The van der Waals surface area contributed by atoms with Crippen molar-refractivity contribution >= 4 is 52.2 Å². The molecule has 1 heterocycles. The van der Waals surface area contributed by atoms with Crippen molar-refractivity contribution in [2.75, 3.05) is 5.32 Å². The molecule has 3 N–H and O–H groups in total. The normalized spacial score (nSPS) is 17.5. The molecule has 0 bridgehead atoms. The van der Waals surface area contributed by atoms with Gasteiger partial charge in [-0.25, -0.2) is 14.2 Å². The zero-order chi connectivity index (χ0) is 24.8. The number of urea groups is 1. The van der Waals surface area contributed by atoms with E-state index in [-0.39, 0.29) is 29.6 Å². The summed E-state index contributed by atoms with van der Waals surface area (Å²) in [6.45, 7) is 0.237. The lowest BCUT2D eigenvalue weighted by Gasteiger charge is -2.32. The van der Waals surface area contributed by atoms with E-state index in [0.717, 1.165) is 25.7 Å². The van der Waals surface area contributed by atoms with Crippen LogP contribution in [0.15, 0.2) is 47.8 Å². The summed E-state index contributed by atoms with van der Waals surface area (Å²) in [6.07, 6.45) is 3.33. The second-order valence-electron chi connectivity index (χ2n) is 8.07. The van der Waals surface area contributed by atoms with Crippen LogP contribution < -0.4 is 20.7 Å². The molecule has 0 spiro atoms. The van der Waals surface area contributed by atoms with E-state index in [0.29, 0.717) is 27.2 Å². The highest BCUT2D eigenvalue weighted by molar-refractivity contribution is 7.09. The van der Waals surface area contributed by atoms with E-state index in [1.54, 1.807) is 29.6 Å². The van der Waals surface area contributed by atoms with Gasteiger partial charge in [-0.1, -0.05) is 36.0 Å². The maximum atomic E-state index is 13.3. The Morgan fingerprint density at radius 1 is 1.06 bits per heavy atom. The first-order chi connectivity index (χ1) is 16.9. The Balaban J connectivity index is 1.31. The molecule has 4 rings (SSSR count). The fourth-order valence-electron chi connectivity index (χ4n) is 3.79. The summed E-state index contributed by atoms with van der Waals surface area (Å²) in [5, 5.41) is 11.5. The first kappa shape index (κ1) is 25.2. The molecule has 0 aliphatic heterocycles. The molecule has 1 aliphatic carbocycles. The number of carbonyl (C=O) groups is 2.